The number of nitrogens with one attached hydrogen (secondary N) is 1. The predicted octanol–water partition coefficient (Wildman–Crippen LogP) is 1.25. The van der Waals surface area contributed by atoms with Gasteiger partial charge in [0.05, 0.1) is 11.0 Å². The lowest BCUT2D eigenvalue weighted by Crippen LogP contribution is -2.44. The van der Waals surface area contributed by atoms with Gasteiger partial charge in [0.1, 0.15) is 6.04 Å². The number of carboxylic acid groups (broad SMARTS) is 1. The number of hydrogen-bond donors (Lipinski definition) is 2. The maximum absolute atomic E-state index is 12.9. The molecule has 33 heavy (non-hydrogen) atoms. The van der Waals surface area contributed by atoms with Gasteiger partial charge >= 0.3 is 11.7 Å². The zero-order valence-electron chi connectivity index (χ0n) is 18.7. The first-order valence-corrected chi connectivity index (χ1v) is 11.3. The Bertz CT molecular complexity index is 1210. The fourth-order valence-corrected chi connectivity index (χ4v) is 4.61. The summed E-state index contributed by atoms with van der Waals surface area (Å²) < 4.78 is 2.98. The van der Waals surface area contributed by atoms with Crippen LogP contribution in [0.2, 0.25) is 0 Å². The Morgan fingerprint density at radius 1 is 1.15 bits per heavy atom. The maximum Gasteiger partial charge on any atom is 0.329 e. The summed E-state index contributed by atoms with van der Waals surface area (Å²) in [5.41, 5.74) is 1.87. The molecule has 4 rings (SSSR count). The van der Waals surface area contributed by atoms with Gasteiger partial charge in [0.2, 0.25) is 11.8 Å². The number of nitrogens with zero attached hydrogens (tertiary/aromatic N) is 3. The van der Waals surface area contributed by atoms with Gasteiger partial charge in [-0.1, -0.05) is 11.8 Å². The highest BCUT2D eigenvalue weighted by Gasteiger charge is 2.31. The molecule has 174 valence electrons. The quantitative estimate of drug-likeness (QED) is 0.521. The summed E-state index contributed by atoms with van der Waals surface area (Å²) >= 11 is 0. The predicted molar refractivity (Wildman–Crippen MR) is 122 cm³/mol. The number of imide groups is 1. The number of piperidine rings is 2. The number of hydrogen-bond acceptors (Lipinski definition) is 5. The van der Waals surface area contributed by atoms with E-state index in [4.69, 9.17) is 5.11 Å². The number of aliphatic carboxylic acids is 1. The molecule has 1 aromatic carbocycles. The van der Waals surface area contributed by atoms with Crippen LogP contribution in [-0.4, -0.2) is 56.6 Å². The maximum atomic E-state index is 12.9. The van der Waals surface area contributed by atoms with Crippen LogP contribution in [0.15, 0.2) is 23.0 Å². The number of amides is 2. The number of carbonyl (C=O) groups excluding carboxylic acids is 2. The molecule has 1 aromatic heterocycles. The molecule has 0 radical (unpaired) electrons. The first kappa shape index (κ1) is 22.8. The highest BCUT2D eigenvalue weighted by atomic mass is 16.4. The topological polar surface area (TPSA) is 114 Å². The Balaban J connectivity index is 1.46. The molecule has 2 aliphatic rings. The first-order chi connectivity index (χ1) is 15.8. The van der Waals surface area contributed by atoms with Crippen molar-refractivity contribution in [3.63, 3.8) is 0 Å². The molecular formula is C24H28N4O5. The number of aromatic nitrogens is 2. The molecule has 1 atom stereocenters. The molecule has 2 aromatic rings. The molecule has 3 heterocycles. The van der Waals surface area contributed by atoms with Crippen LogP contribution in [0.4, 0.5) is 0 Å². The lowest BCUT2D eigenvalue weighted by atomic mass is 9.97. The van der Waals surface area contributed by atoms with Crippen LogP contribution < -0.4 is 11.0 Å². The van der Waals surface area contributed by atoms with Gasteiger partial charge in [-0.05, 0) is 63.5 Å². The highest BCUT2D eigenvalue weighted by Crippen LogP contribution is 2.24. The summed E-state index contributed by atoms with van der Waals surface area (Å²) in [5, 5.41) is 11.1. The summed E-state index contributed by atoms with van der Waals surface area (Å²) in [6.07, 6.45) is 3.29. The van der Waals surface area contributed by atoms with E-state index >= 15 is 0 Å². The summed E-state index contributed by atoms with van der Waals surface area (Å²) in [4.78, 5) is 49.6. The van der Waals surface area contributed by atoms with Crippen molar-refractivity contribution in [1.82, 2.24) is 19.4 Å². The van der Waals surface area contributed by atoms with Crippen molar-refractivity contribution in [3.8, 4) is 11.8 Å². The van der Waals surface area contributed by atoms with Crippen LogP contribution in [0.1, 0.15) is 50.1 Å². The molecule has 0 bridgehead atoms. The summed E-state index contributed by atoms with van der Waals surface area (Å²) in [7, 11) is 1.67. The molecule has 9 nitrogen and oxygen atoms in total. The SMILES string of the molecule is Cn1c(=O)n(C2CCC(=O)NC2=O)c2ccc(C#CC3CCN(CCCC(=O)O)CC3)cc21. The zero-order chi connectivity index (χ0) is 23.5. The molecule has 2 N–H and O–H groups in total. The minimum absolute atomic E-state index is 0.204. The largest absolute Gasteiger partial charge is 0.481 e. The third kappa shape index (κ3) is 5.01. The van der Waals surface area contributed by atoms with E-state index in [1.165, 1.54) is 9.13 Å². The number of rotatable bonds is 5. The lowest BCUT2D eigenvalue weighted by Gasteiger charge is -2.29. The molecule has 2 aliphatic heterocycles. The van der Waals surface area contributed by atoms with Crippen molar-refractivity contribution < 1.29 is 19.5 Å². The third-order valence-corrected chi connectivity index (χ3v) is 6.48. The Kier molecular flexibility index (Phi) is 6.65. The summed E-state index contributed by atoms with van der Waals surface area (Å²) in [6.45, 7) is 2.64. The van der Waals surface area contributed by atoms with E-state index in [2.05, 4.69) is 22.1 Å². The van der Waals surface area contributed by atoms with Crippen LogP contribution in [0, 0.1) is 17.8 Å². The Morgan fingerprint density at radius 3 is 2.61 bits per heavy atom. The smallest absolute Gasteiger partial charge is 0.329 e. The minimum atomic E-state index is -0.752. The molecule has 0 saturated carbocycles. The minimum Gasteiger partial charge on any atom is -0.481 e. The molecule has 9 heteroatoms. The van der Waals surface area contributed by atoms with Gasteiger partial charge in [0.15, 0.2) is 0 Å². The summed E-state index contributed by atoms with van der Waals surface area (Å²) in [6, 6.07) is 4.84. The fourth-order valence-electron chi connectivity index (χ4n) is 4.61. The molecule has 1 unspecified atom stereocenters. The standard InChI is InChI=1S/C24H28N4O5/c1-26-20-15-17(5-4-16-10-13-27(14-11-16)12-2-3-22(30)31)6-7-18(20)28(24(26)33)19-8-9-21(29)25-23(19)32/h6-7,15-16,19H,2-3,8-14H2,1H3,(H,30,31)(H,25,29,32). The number of carboxylic acids is 1. The van der Waals surface area contributed by atoms with Gasteiger partial charge in [-0.3, -0.25) is 28.8 Å². The lowest BCUT2D eigenvalue weighted by molar-refractivity contribution is -0.137. The van der Waals surface area contributed by atoms with E-state index in [1.54, 1.807) is 7.05 Å². The average Bonchev–Trinajstić information content (AvgIpc) is 3.03. The number of aryl methyl sites for hydroxylation is 1. The molecule has 0 spiro atoms. The second-order valence-electron chi connectivity index (χ2n) is 8.76. The van der Waals surface area contributed by atoms with E-state index in [-0.39, 0.29) is 30.4 Å². The van der Waals surface area contributed by atoms with Crippen LogP contribution in [-0.2, 0) is 21.4 Å². The molecule has 2 amide bonds. The van der Waals surface area contributed by atoms with Crippen molar-refractivity contribution in [3.05, 3.63) is 34.2 Å². The monoisotopic (exact) mass is 452 g/mol. The number of carbonyl (C=O) groups is 3. The van der Waals surface area contributed by atoms with E-state index in [0.29, 0.717) is 23.9 Å². The Morgan fingerprint density at radius 2 is 1.91 bits per heavy atom. The van der Waals surface area contributed by atoms with Gasteiger partial charge in [0.25, 0.3) is 0 Å². The first-order valence-electron chi connectivity index (χ1n) is 11.3. The van der Waals surface area contributed by atoms with Gasteiger partial charge in [-0.25, -0.2) is 4.79 Å². The summed E-state index contributed by atoms with van der Waals surface area (Å²) in [5.74, 6) is 5.36. The van der Waals surface area contributed by atoms with Crippen LogP contribution >= 0.6 is 0 Å². The number of fused-ring (bicyclic) bond motifs is 1. The van der Waals surface area contributed by atoms with Crippen molar-refractivity contribution in [2.45, 2.75) is 44.6 Å². The second-order valence-corrected chi connectivity index (χ2v) is 8.76. The van der Waals surface area contributed by atoms with E-state index in [0.717, 1.165) is 38.0 Å². The third-order valence-electron chi connectivity index (χ3n) is 6.48. The van der Waals surface area contributed by atoms with E-state index < -0.39 is 17.9 Å². The number of likely N-dealkylation sites (tertiary alicyclic amines) is 1. The molecular weight excluding hydrogens is 424 g/mol. The van der Waals surface area contributed by atoms with Crippen LogP contribution in [0.5, 0.6) is 0 Å². The second kappa shape index (κ2) is 9.63. The van der Waals surface area contributed by atoms with Gasteiger partial charge < -0.3 is 10.0 Å². The molecule has 2 saturated heterocycles. The van der Waals surface area contributed by atoms with Crippen molar-refractivity contribution in [2.24, 2.45) is 13.0 Å². The zero-order valence-corrected chi connectivity index (χ0v) is 18.7. The van der Waals surface area contributed by atoms with Gasteiger partial charge in [0, 0.05) is 31.4 Å². The molecule has 2 fully saturated rings. The van der Waals surface area contributed by atoms with Gasteiger partial charge in [-0.15, -0.1) is 0 Å². The van der Waals surface area contributed by atoms with Crippen LogP contribution in [0.3, 0.4) is 0 Å². The Labute approximate surface area is 191 Å². The number of imidazole rings is 1. The highest BCUT2D eigenvalue weighted by molar-refractivity contribution is 6.00. The average molecular weight is 453 g/mol. The van der Waals surface area contributed by atoms with Crippen molar-refractivity contribution in [2.75, 3.05) is 19.6 Å². The van der Waals surface area contributed by atoms with Gasteiger partial charge in [-0.2, -0.15) is 0 Å². The fraction of sp³-hybridized carbons (Fsp3) is 0.500. The Hall–Kier alpha value is -3.38. The van der Waals surface area contributed by atoms with Crippen molar-refractivity contribution >= 4 is 28.8 Å². The van der Waals surface area contributed by atoms with E-state index in [1.807, 2.05) is 18.2 Å². The molecule has 0 aliphatic carbocycles. The van der Waals surface area contributed by atoms with Crippen molar-refractivity contribution in [1.29, 1.82) is 0 Å². The van der Waals surface area contributed by atoms with Crippen LogP contribution in [0.25, 0.3) is 11.0 Å². The normalized spacial score (nSPS) is 19.8. The van der Waals surface area contributed by atoms with E-state index in [9.17, 15) is 19.2 Å². The number of benzene rings is 1.